The van der Waals surface area contributed by atoms with E-state index in [1.807, 2.05) is 19.9 Å². The van der Waals surface area contributed by atoms with Crippen molar-refractivity contribution in [2.24, 2.45) is 11.7 Å². The van der Waals surface area contributed by atoms with Crippen molar-refractivity contribution in [2.45, 2.75) is 32.9 Å². The average Bonchev–Trinajstić information content (AvgIpc) is 2.44. The Morgan fingerprint density at radius 2 is 2.05 bits per heavy atom. The summed E-state index contributed by atoms with van der Waals surface area (Å²) in [4.78, 5) is 25.2. The summed E-state index contributed by atoms with van der Waals surface area (Å²) in [7, 11) is 0. The summed E-state index contributed by atoms with van der Waals surface area (Å²) in [6, 6.07) is 4.71. The predicted octanol–water partition coefficient (Wildman–Crippen LogP) is 1.25. The molecule has 20 heavy (non-hydrogen) atoms. The van der Waals surface area contributed by atoms with Crippen molar-refractivity contribution in [3.8, 4) is 0 Å². The maximum Gasteiger partial charge on any atom is 0.335 e. The first kappa shape index (κ1) is 14.5. The van der Waals surface area contributed by atoms with E-state index in [9.17, 15) is 14.7 Å². The molecule has 5 heteroatoms. The van der Waals surface area contributed by atoms with E-state index in [0.717, 1.165) is 11.1 Å². The van der Waals surface area contributed by atoms with Gasteiger partial charge in [0.1, 0.15) is 0 Å². The molecule has 1 amide bonds. The van der Waals surface area contributed by atoms with Gasteiger partial charge in [-0.3, -0.25) is 4.79 Å². The molecule has 0 unspecified atom stereocenters. The van der Waals surface area contributed by atoms with Gasteiger partial charge in [-0.2, -0.15) is 0 Å². The number of nitrogens with zero attached hydrogens (tertiary/aromatic N) is 1. The molecule has 0 saturated heterocycles. The smallest absolute Gasteiger partial charge is 0.335 e. The van der Waals surface area contributed by atoms with Gasteiger partial charge in [0.05, 0.1) is 11.6 Å². The Labute approximate surface area is 118 Å². The topological polar surface area (TPSA) is 83.6 Å². The molecule has 1 atom stereocenters. The predicted molar refractivity (Wildman–Crippen MR) is 75.3 cm³/mol. The van der Waals surface area contributed by atoms with Gasteiger partial charge in [0.25, 0.3) is 0 Å². The van der Waals surface area contributed by atoms with Gasteiger partial charge in [0, 0.05) is 13.1 Å². The molecule has 1 aromatic rings. The monoisotopic (exact) mass is 276 g/mol. The molecule has 0 fully saturated rings. The van der Waals surface area contributed by atoms with Crippen LogP contribution < -0.4 is 5.73 Å². The molecule has 0 radical (unpaired) electrons. The van der Waals surface area contributed by atoms with Crippen LogP contribution in [-0.2, 0) is 17.8 Å². The van der Waals surface area contributed by atoms with E-state index < -0.39 is 12.0 Å². The maximum atomic E-state index is 12.3. The van der Waals surface area contributed by atoms with Crippen molar-refractivity contribution in [3.63, 3.8) is 0 Å². The van der Waals surface area contributed by atoms with Gasteiger partial charge in [-0.25, -0.2) is 4.79 Å². The number of hydrogen-bond acceptors (Lipinski definition) is 3. The number of hydrogen-bond donors (Lipinski definition) is 2. The molecule has 0 aliphatic carbocycles. The molecule has 1 aliphatic heterocycles. The molecule has 1 heterocycles. The Bertz CT molecular complexity index is 540. The van der Waals surface area contributed by atoms with Crippen LogP contribution in [-0.4, -0.2) is 34.5 Å². The zero-order chi connectivity index (χ0) is 14.9. The van der Waals surface area contributed by atoms with Crippen molar-refractivity contribution in [1.82, 2.24) is 4.90 Å². The summed E-state index contributed by atoms with van der Waals surface area (Å²) in [5.74, 6) is -0.888. The van der Waals surface area contributed by atoms with Gasteiger partial charge in [-0.15, -0.1) is 0 Å². The number of carboxylic acid groups (broad SMARTS) is 1. The van der Waals surface area contributed by atoms with Gasteiger partial charge in [0.2, 0.25) is 5.91 Å². The second-order valence-electron chi connectivity index (χ2n) is 5.53. The van der Waals surface area contributed by atoms with Gasteiger partial charge in [-0.05, 0) is 29.5 Å². The van der Waals surface area contributed by atoms with Crippen LogP contribution >= 0.6 is 0 Å². The summed E-state index contributed by atoms with van der Waals surface area (Å²) < 4.78 is 0. The number of aromatic carboxylic acids is 1. The third-order valence-corrected chi connectivity index (χ3v) is 3.81. The first-order valence-corrected chi connectivity index (χ1v) is 6.80. The third-order valence-electron chi connectivity index (χ3n) is 3.81. The van der Waals surface area contributed by atoms with Crippen molar-refractivity contribution in [3.05, 3.63) is 34.9 Å². The van der Waals surface area contributed by atoms with Crippen LogP contribution in [0.5, 0.6) is 0 Å². The summed E-state index contributed by atoms with van der Waals surface area (Å²) in [5.41, 5.74) is 7.98. The molecule has 0 bridgehead atoms. The number of carbonyl (C=O) groups is 2. The number of benzene rings is 1. The number of rotatable bonds is 3. The van der Waals surface area contributed by atoms with Crippen LogP contribution in [0, 0.1) is 5.92 Å². The molecule has 5 nitrogen and oxygen atoms in total. The van der Waals surface area contributed by atoms with Crippen LogP contribution in [0.3, 0.4) is 0 Å². The normalized spacial score (nSPS) is 15.9. The Kier molecular flexibility index (Phi) is 4.09. The molecule has 1 aliphatic rings. The minimum absolute atomic E-state index is 0.0635. The van der Waals surface area contributed by atoms with Crippen LogP contribution in [0.2, 0.25) is 0 Å². The molecule has 3 N–H and O–H groups in total. The SMILES string of the molecule is CC(C)[C@H](N)C(=O)N1CCc2c(cccc2C(=O)O)C1. The summed E-state index contributed by atoms with van der Waals surface area (Å²) in [5, 5.41) is 9.18. The summed E-state index contributed by atoms with van der Waals surface area (Å²) in [6.45, 7) is 4.80. The Morgan fingerprint density at radius 3 is 2.65 bits per heavy atom. The Morgan fingerprint density at radius 1 is 1.35 bits per heavy atom. The van der Waals surface area contributed by atoms with Gasteiger partial charge < -0.3 is 15.7 Å². The molecule has 108 valence electrons. The largest absolute Gasteiger partial charge is 0.478 e. The van der Waals surface area contributed by atoms with E-state index >= 15 is 0 Å². The first-order chi connectivity index (χ1) is 9.41. The first-order valence-electron chi connectivity index (χ1n) is 6.80. The second-order valence-corrected chi connectivity index (χ2v) is 5.53. The lowest BCUT2D eigenvalue weighted by Gasteiger charge is -2.32. The molecule has 2 rings (SSSR count). The van der Waals surface area contributed by atoms with Crippen LogP contribution in [0.1, 0.15) is 35.3 Å². The standard InChI is InChI=1S/C15H20N2O3/c1-9(2)13(16)14(18)17-7-6-11-10(8-17)4-3-5-12(11)15(19)20/h3-5,9,13H,6-8,16H2,1-2H3,(H,19,20)/t13-/m0/s1. The average molecular weight is 276 g/mol. The minimum Gasteiger partial charge on any atom is -0.478 e. The molecular formula is C15H20N2O3. The van der Waals surface area contributed by atoms with Crippen molar-refractivity contribution in [1.29, 1.82) is 0 Å². The summed E-state index contributed by atoms with van der Waals surface area (Å²) in [6.07, 6.45) is 0.564. The number of nitrogens with two attached hydrogens (primary N) is 1. The minimum atomic E-state index is -0.916. The van der Waals surface area contributed by atoms with Crippen LogP contribution in [0.25, 0.3) is 0 Å². The van der Waals surface area contributed by atoms with Crippen LogP contribution in [0.15, 0.2) is 18.2 Å². The zero-order valence-electron chi connectivity index (χ0n) is 11.8. The highest BCUT2D eigenvalue weighted by molar-refractivity contribution is 5.90. The van der Waals surface area contributed by atoms with Gasteiger partial charge in [0.15, 0.2) is 0 Å². The number of carboxylic acids is 1. The maximum absolute atomic E-state index is 12.3. The van der Waals surface area contributed by atoms with Crippen molar-refractivity contribution < 1.29 is 14.7 Å². The fraction of sp³-hybridized carbons (Fsp3) is 0.467. The van der Waals surface area contributed by atoms with E-state index in [0.29, 0.717) is 25.1 Å². The van der Waals surface area contributed by atoms with Gasteiger partial charge in [-0.1, -0.05) is 26.0 Å². The van der Waals surface area contributed by atoms with Crippen molar-refractivity contribution in [2.75, 3.05) is 6.54 Å². The molecule has 1 aromatic carbocycles. The zero-order valence-corrected chi connectivity index (χ0v) is 11.8. The Hall–Kier alpha value is -1.88. The van der Waals surface area contributed by atoms with E-state index in [1.165, 1.54) is 0 Å². The van der Waals surface area contributed by atoms with E-state index in [4.69, 9.17) is 5.73 Å². The summed E-state index contributed by atoms with van der Waals surface area (Å²) >= 11 is 0. The van der Waals surface area contributed by atoms with E-state index in [-0.39, 0.29) is 11.8 Å². The molecule has 0 spiro atoms. The fourth-order valence-electron chi connectivity index (χ4n) is 2.49. The quantitative estimate of drug-likeness (QED) is 0.870. The molecule has 0 aromatic heterocycles. The second kappa shape index (κ2) is 5.63. The van der Waals surface area contributed by atoms with E-state index in [1.54, 1.807) is 17.0 Å². The number of amides is 1. The molecule has 0 saturated carbocycles. The lowest BCUT2D eigenvalue weighted by Crippen LogP contribution is -2.48. The van der Waals surface area contributed by atoms with Gasteiger partial charge >= 0.3 is 5.97 Å². The Balaban J connectivity index is 2.22. The lowest BCUT2D eigenvalue weighted by molar-refractivity contribution is -0.134. The van der Waals surface area contributed by atoms with E-state index in [2.05, 4.69) is 0 Å². The number of carbonyl (C=O) groups excluding carboxylic acids is 1. The highest BCUT2D eigenvalue weighted by Crippen LogP contribution is 2.23. The van der Waals surface area contributed by atoms with Crippen LogP contribution in [0.4, 0.5) is 0 Å². The number of fused-ring (bicyclic) bond motifs is 1. The van der Waals surface area contributed by atoms with Crippen molar-refractivity contribution >= 4 is 11.9 Å². The molecular weight excluding hydrogens is 256 g/mol. The third kappa shape index (κ3) is 2.67. The lowest BCUT2D eigenvalue weighted by atomic mass is 9.93. The fourth-order valence-corrected chi connectivity index (χ4v) is 2.49. The highest BCUT2D eigenvalue weighted by Gasteiger charge is 2.28. The highest BCUT2D eigenvalue weighted by atomic mass is 16.4.